The van der Waals surface area contributed by atoms with Gasteiger partial charge in [0, 0.05) is 35.6 Å². The van der Waals surface area contributed by atoms with Crippen molar-refractivity contribution in [2.45, 2.75) is 64.5 Å². The van der Waals surface area contributed by atoms with Crippen molar-refractivity contribution >= 4 is 5.78 Å². The van der Waals surface area contributed by atoms with E-state index in [2.05, 4.69) is 32.5 Å². The number of ketones is 1. The third kappa shape index (κ3) is 4.71. The summed E-state index contributed by atoms with van der Waals surface area (Å²) in [5, 5.41) is 14.4. The molecular weight excluding hydrogens is 442 g/mol. The molecule has 3 heterocycles. The van der Waals surface area contributed by atoms with Crippen LogP contribution in [0.3, 0.4) is 0 Å². The van der Waals surface area contributed by atoms with Crippen molar-refractivity contribution in [3.63, 3.8) is 0 Å². The minimum atomic E-state index is -0.338. The smallest absolute Gasteiger partial charge is 0.297 e. The minimum absolute atomic E-state index is 0.121. The molecule has 3 aromatic heterocycles. The Morgan fingerprint density at radius 1 is 1.09 bits per heavy atom. The molecular formula is C26H29N7O2. The van der Waals surface area contributed by atoms with Gasteiger partial charge in [0.1, 0.15) is 0 Å². The Bertz CT molecular complexity index is 1350. The van der Waals surface area contributed by atoms with Crippen molar-refractivity contribution < 1.29 is 4.79 Å². The summed E-state index contributed by atoms with van der Waals surface area (Å²) in [7, 11) is 0. The third-order valence-corrected chi connectivity index (χ3v) is 6.70. The normalized spacial score (nSPS) is 16.0. The lowest BCUT2D eigenvalue weighted by molar-refractivity contribution is -0.123. The van der Waals surface area contributed by atoms with Crippen LogP contribution in [-0.2, 0) is 17.8 Å². The molecule has 1 aliphatic rings. The Kier molecular flexibility index (Phi) is 6.65. The molecule has 4 aromatic rings. The van der Waals surface area contributed by atoms with Crippen LogP contribution in [-0.4, -0.2) is 40.5 Å². The van der Waals surface area contributed by atoms with Gasteiger partial charge in [0.15, 0.2) is 5.78 Å². The van der Waals surface area contributed by atoms with Gasteiger partial charge < -0.3 is 0 Å². The number of aromatic amines is 1. The van der Waals surface area contributed by atoms with Crippen LogP contribution < -0.4 is 5.69 Å². The van der Waals surface area contributed by atoms with Crippen molar-refractivity contribution in [1.82, 2.24) is 34.7 Å². The van der Waals surface area contributed by atoms with Gasteiger partial charge in [-0.25, -0.2) is 4.79 Å². The molecule has 0 spiro atoms. The summed E-state index contributed by atoms with van der Waals surface area (Å²) in [5.74, 6) is 0.690. The first-order chi connectivity index (χ1) is 17.2. The van der Waals surface area contributed by atoms with Crippen molar-refractivity contribution in [1.29, 1.82) is 0 Å². The molecule has 0 aliphatic heterocycles. The highest BCUT2D eigenvalue weighted by Gasteiger charge is 2.27. The predicted molar refractivity (Wildman–Crippen MR) is 132 cm³/mol. The van der Waals surface area contributed by atoms with Gasteiger partial charge in [0.05, 0.1) is 18.3 Å². The third-order valence-electron chi connectivity index (χ3n) is 6.70. The van der Waals surface area contributed by atoms with Gasteiger partial charge in [0.2, 0.25) is 5.82 Å². The number of aryl methyl sites for hydroxylation is 1. The van der Waals surface area contributed by atoms with E-state index >= 15 is 0 Å². The molecule has 1 aliphatic carbocycles. The number of nitrogens with one attached hydrogen (secondary N) is 1. The van der Waals surface area contributed by atoms with E-state index in [1.807, 2.05) is 48.8 Å². The largest absolute Gasteiger partial charge is 0.329 e. The Labute approximate surface area is 203 Å². The van der Waals surface area contributed by atoms with Crippen LogP contribution in [0.1, 0.15) is 62.9 Å². The molecule has 0 saturated heterocycles. The number of benzene rings is 1. The van der Waals surface area contributed by atoms with Crippen LogP contribution in [0.25, 0.3) is 22.5 Å². The predicted octanol–water partition coefficient (Wildman–Crippen LogP) is 3.97. The van der Waals surface area contributed by atoms with Gasteiger partial charge in [-0.05, 0) is 42.5 Å². The standard InChI is InChI=1S/C26H29N7O2/c1-2-3-8-20-17-33(23-11-6-7-12-24(23)34)26(35)32(20)16-19-14-13-18(15-27-19)21-9-4-5-10-22(21)25-28-30-31-29-25/h4-5,9-10,13-15,17,23H,2-3,6-8,11-12,16H2,1H3,(H,28,29,30,31). The first kappa shape index (κ1) is 22.9. The van der Waals surface area contributed by atoms with E-state index in [-0.39, 0.29) is 17.5 Å². The number of tetrazole rings is 1. The fourth-order valence-corrected chi connectivity index (χ4v) is 4.80. The van der Waals surface area contributed by atoms with Crippen LogP contribution in [0.5, 0.6) is 0 Å². The second-order valence-electron chi connectivity index (χ2n) is 9.05. The molecule has 9 nitrogen and oxygen atoms in total. The molecule has 0 radical (unpaired) electrons. The number of pyridine rings is 1. The molecule has 1 atom stereocenters. The molecule has 1 N–H and O–H groups in total. The molecule has 0 bridgehead atoms. The van der Waals surface area contributed by atoms with E-state index in [0.717, 1.165) is 66.6 Å². The molecule has 9 heteroatoms. The van der Waals surface area contributed by atoms with E-state index in [9.17, 15) is 9.59 Å². The number of hydrogen-bond donors (Lipinski definition) is 1. The lowest BCUT2D eigenvalue weighted by atomic mass is 9.94. The highest BCUT2D eigenvalue weighted by atomic mass is 16.2. The van der Waals surface area contributed by atoms with E-state index < -0.39 is 0 Å². The number of nitrogens with zero attached hydrogens (tertiary/aromatic N) is 6. The second-order valence-corrected chi connectivity index (χ2v) is 9.05. The Hall–Kier alpha value is -3.88. The lowest BCUT2D eigenvalue weighted by Gasteiger charge is -2.20. The van der Waals surface area contributed by atoms with Crippen molar-refractivity contribution in [2.24, 2.45) is 0 Å². The maximum atomic E-state index is 13.4. The maximum absolute atomic E-state index is 13.4. The number of Topliss-reactive ketones (excluding diaryl/α,β-unsaturated/α-hetero) is 1. The number of aromatic nitrogens is 7. The summed E-state index contributed by atoms with van der Waals surface area (Å²) in [4.78, 5) is 30.6. The molecule has 5 rings (SSSR count). The number of imidazole rings is 1. The number of hydrogen-bond acceptors (Lipinski definition) is 6. The van der Waals surface area contributed by atoms with Crippen molar-refractivity contribution in [2.75, 3.05) is 0 Å². The van der Waals surface area contributed by atoms with E-state index in [1.54, 1.807) is 9.13 Å². The number of H-pyrrole nitrogens is 1. The fraction of sp³-hybridized carbons (Fsp3) is 0.385. The van der Waals surface area contributed by atoms with E-state index in [1.165, 1.54) is 0 Å². The number of carbonyl (C=O) groups is 1. The van der Waals surface area contributed by atoms with Crippen molar-refractivity contribution in [3.05, 3.63) is 70.7 Å². The van der Waals surface area contributed by atoms with Crippen LogP contribution in [0, 0.1) is 0 Å². The lowest BCUT2D eigenvalue weighted by Crippen LogP contribution is -2.33. The summed E-state index contributed by atoms with van der Waals surface area (Å²) < 4.78 is 3.45. The highest BCUT2D eigenvalue weighted by molar-refractivity contribution is 5.83. The van der Waals surface area contributed by atoms with Crippen LogP contribution in [0.2, 0.25) is 0 Å². The average Bonchev–Trinajstić information content (AvgIpc) is 3.53. The van der Waals surface area contributed by atoms with Crippen LogP contribution in [0.15, 0.2) is 53.6 Å². The van der Waals surface area contributed by atoms with Crippen LogP contribution in [0.4, 0.5) is 0 Å². The first-order valence-corrected chi connectivity index (χ1v) is 12.3. The fourth-order valence-electron chi connectivity index (χ4n) is 4.80. The Morgan fingerprint density at radius 2 is 1.94 bits per heavy atom. The minimum Gasteiger partial charge on any atom is -0.297 e. The number of unbranched alkanes of at least 4 members (excludes halogenated alkanes) is 1. The van der Waals surface area contributed by atoms with Gasteiger partial charge in [-0.1, -0.05) is 50.1 Å². The number of carbonyl (C=O) groups excluding carboxylic acids is 1. The van der Waals surface area contributed by atoms with Crippen molar-refractivity contribution in [3.8, 4) is 22.5 Å². The molecule has 1 saturated carbocycles. The first-order valence-electron chi connectivity index (χ1n) is 12.3. The zero-order valence-corrected chi connectivity index (χ0v) is 19.9. The summed E-state index contributed by atoms with van der Waals surface area (Å²) in [6.45, 7) is 2.51. The Balaban J connectivity index is 1.44. The summed E-state index contributed by atoms with van der Waals surface area (Å²) in [5.41, 5.74) is 4.38. The molecule has 0 amide bonds. The zero-order valence-electron chi connectivity index (χ0n) is 19.9. The van der Waals surface area contributed by atoms with Gasteiger partial charge in [-0.3, -0.25) is 18.9 Å². The monoisotopic (exact) mass is 471 g/mol. The second kappa shape index (κ2) is 10.2. The summed E-state index contributed by atoms with van der Waals surface area (Å²) in [6.07, 6.45) is 9.73. The zero-order chi connectivity index (χ0) is 24.2. The molecule has 180 valence electrons. The van der Waals surface area contributed by atoms with E-state index in [4.69, 9.17) is 0 Å². The highest BCUT2D eigenvalue weighted by Crippen LogP contribution is 2.29. The van der Waals surface area contributed by atoms with Gasteiger partial charge >= 0.3 is 5.69 Å². The molecule has 1 fully saturated rings. The Morgan fingerprint density at radius 3 is 2.66 bits per heavy atom. The van der Waals surface area contributed by atoms with E-state index in [0.29, 0.717) is 18.8 Å². The SMILES string of the molecule is CCCCc1cn(C2CCCCC2=O)c(=O)n1Cc1ccc(-c2ccccc2-c2nn[nH]n2)cn1. The molecule has 1 unspecified atom stereocenters. The molecule has 35 heavy (non-hydrogen) atoms. The topological polar surface area (TPSA) is 111 Å². The van der Waals surface area contributed by atoms with Gasteiger partial charge in [-0.2, -0.15) is 5.21 Å². The van der Waals surface area contributed by atoms with Gasteiger partial charge in [-0.15, -0.1) is 10.2 Å². The average molecular weight is 472 g/mol. The summed E-state index contributed by atoms with van der Waals surface area (Å²) in [6, 6.07) is 11.4. The van der Waals surface area contributed by atoms with Gasteiger partial charge in [0.25, 0.3) is 0 Å². The maximum Gasteiger partial charge on any atom is 0.329 e. The van der Waals surface area contributed by atoms with Crippen LogP contribution >= 0.6 is 0 Å². The quantitative estimate of drug-likeness (QED) is 0.416. The molecule has 1 aromatic carbocycles. The number of rotatable bonds is 8. The summed E-state index contributed by atoms with van der Waals surface area (Å²) >= 11 is 0.